The Labute approximate surface area is 183 Å². The average molecular weight is 433 g/mol. The molecule has 0 radical (unpaired) electrons. The topological polar surface area (TPSA) is 90.6 Å². The number of rotatable bonds is 6. The maximum Gasteiger partial charge on any atom is 0.407 e. The molecule has 0 spiro atoms. The third-order valence-electron chi connectivity index (χ3n) is 4.78. The number of nitrogens with two attached hydrogens (primary N) is 1. The van der Waals surface area contributed by atoms with E-state index in [2.05, 4.69) is 29.6 Å². The van der Waals surface area contributed by atoms with Gasteiger partial charge in [-0.3, -0.25) is 4.79 Å². The number of halogens is 1. The van der Waals surface area contributed by atoms with Gasteiger partial charge in [0, 0.05) is 12.5 Å². The van der Waals surface area contributed by atoms with Gasteiger partial charge in [-0.1, -0.05) is 48.5 Å². The van der Waals surface area contributed by atoms with Crippen molar-refractivity contribution in [3.05, 3.63) is 59.7 Å². The van der Waals surface area contributed by atoms with E-state index < -0.39 is 23.7 Å². The molecule has 0 aliphatic heterocycles. The van der Waals surface area contributed by atoms with Crippen LogP contribution in [0.5, 0.6) is 0 Å². The highest BCUT2D eigenvalue weighted by Gasteiger charge is 2.29. The molecule has 0 saturated carbocycles. The summed E-state index contributed by atoms with van der Waals surface area (Å²) in [6.07, 6.45) is -0.248. The molecule has 3 rings (SSSR count). The Morgan fingerprint density at radius 2 is 1.57 bits per heavy atom. The minimum atomic E-state index is -0.789. The van der Waals surface area contributed by atoms with Crippen LogP contribution in [0.15, 0.2) is 48.5 Å². The van der Waals surface area contributed by atoms with Gasteiger partial charge < -0.3 is 20.5 Å². The molecule has 6 nitrogen and oxygen atoms in total. The maximum atomic E-state index is 12.1. The van der Waals surface area contributed by atoms with E-state index in [0.29, 0.717) is 0 Å². The predicted molar refractivity (Wildman–Crippen MR) is 119 cm³/mol. The van der Waals surface area contributed by atoms with Crippen LogP contribution in [0.3, 0.4) is 0 Å². The Morgan fingerprint density at radius 3 is 2.10 bits per heavy atom. The van der Waals surface area contributed by atoms with E-state index >= 15 is 0 Å². The summed E-state index contributed by atoms with van der Waals surface area (Å²) >= 11 is 0. The highest BCUT2D eigenvalue weighted by molar-refractivity contribution is 5.85. The van der Waals surface area contributed by atoms with Crippen molar-refractivity contribution in [2.75, 3.05) is 13.2 Å². The lowest BCUT2D eigenvalue weighted by Gasteiger charge is -2.22. The van der Waals surface area contributed by atoms with Crippen molar-refractivity contribution in [2.45, 2.75) is 44.8 Å². The van der Waals surface area contributed by atoms with Crippen molar-refractivity contribution in [2.24, 2.45) is 5.73 Å². The Balaban J connectivity index is 0.00000320. The fourth-order valence-electron chi connectivity index (χ4n) is 3.47. The second kappa shape index (κ2) is 9.96. The van der Waals surface area contributed by atoms with Gasteiger partial charge >= 0.3 is 12.1 Å². The minimum absolute atomic E-state index is 0. The molecule has 30 heavy (non-hydrogen) atoms. The van der Waals surface area contributed by atoms with Crippen molar-refractivity contribution in [3.8, 4) is 11.1 Å². The Bertz CT molecular complexity index is 849. The number of carbonyl (C=O) groups is 2. The number of esters is 1. The molecule has 7 heteroatoms. The fourth-order valence-corrected chi connectivity index (χ4v) is 3.47. The van der Waals surface area contributed by atoms with Crippen LogP contribution in [-0.2, 0) is 14.3 Å². The molecule has 0 aromatic heterocycles. The van der Waals surface area contributed by atoms with E-state index in [1.54, 1.807) is 20.8 Å². The Kier molecular flexibility index (Phi) is 7.87. The highest BCUT2D eigenvalue weighted by atomic mass is 35.5. The zero-order chi connectivity index (χ0) is 21.0. The number of carbonyl (C=O) groups excluding carboxylic acids is 2. The molecule has 0 unspecified atom stereocenters. The van der Waals surface area contributed by atoms with E-state index in [1.165, 1.54) is 11.1 Å². The summed E-state index contributed by atoms with van der Waals surface area (Å²) in [5.74, 6) is -0.469. The van der Waals surface area contributed by atoms with E-state index in [9.17, 15) is 9.59 Å². The van der Waals surface area contributed by atoms with Gasteiger partial charge in [0.1, 0.15) is 18.2 Å². The molecule has 3 N–H and O–H groups in total. The normalized spacial score (nSPS) is 13.5. The van der Waals surface area contributed by atoms with Gasteiger partial charge in [0.2, 0.25) is 0 Å². The zero-order valence-electron chi connectivity index (χ0n) is 17.5. The zero-order valence-corrected chi connectivity index (χ0v) is 18.3. The summed E-state index contributed by atoms with van der Waals surface area (Å²) in [4.78, 5) is 24.0. The number of amides is 1. The average Bonchev–Trinajstić information content (AvgIpc) is 2.99. The molecule has 2 aromatic carbocycles. The van der Waals surface area contributed by atoms with Crippen LogP contribution < -0.4 is 11.1 Å². The number of alkyl carbamates (subject to hydrolysis) is 1. The lowest BCUT2D eigenvalue weighted by atomic mass is 9.98. The lowest BCUT2D eigenvalue weighted by Crippen LogP contribution is -2.40. The van der Waals surface area contributed by atoms with Gasteiger partial charge in [-0.2, -0.15) is 0 Å². The van der Waals surface area contributed by atoms with E-state index in [-0.39, 0.29) is 37.9 Å². The molecule has 0 heterocycles. The van der Waals surface area contributed by atoms with Gasteiger partial charge in [-0.15, -0.1) is 12.4 Å². The first-order chi connectivity index (χ1) is 13.8. The highest BCUT2D eigenvalue weighted by Crippen LogP contribution is 2.44. The molecule has 1 aliphatic rings. The number of benzene rings is 2. The van der Waals surface area contributed by atoms with Gasteiger partial charge in [0.15, 0.2) is 0 Å². The standard InChI is InChI=1S/C23H28N2O4.ClH/c1-23(2,3)29-21(26)20(24)12-13-25-22(27)28-14-19-17-10-6-4-8-15(17)16-9-5-7-11-18(16)19;/h4-11,19-20H,12-14,24H2,1-3H3,(H,25,27);1H/t20-;/m0./s1. The Morgan fingerprint density at radius 1 is 1.03 bits per heavy atom. The number of ether oxygens (including phenoxy) is 2. The molecule has 162 valence electrons. The number of hydrogen-bond donors (Lipinski definition) is 2. The smallest absolute Gasteiger partial charge is 0.407 e. The van der Waals surface area contributed by atoms with Crippen LogP contribution in [-0.4, -0.2) is 36.9 Å². The third kappa shape index (κ3) is 5.74. The maximum absolute atomic E-state index is 12.1. The fraction of sp³-hybridized carbons (Fsp3) is 0.391. The van der Waals surface area contributed by atoms with Crippen LogP contribution >= 0.6 is 12.4 Å². The van der Waals surface area contributed by atoms with Crippen LogP contribution in [0.1, 0.15) is 44.2 Å². The first-order valence-electron chi connectivity index (χ1n) is 9.83. The van der Waals surface area contributed by atoms with Crippen LogP contribution in [0.2, 0.25) is 0 Å². The van der Waals surface area contributed by atoms with E-state index in [1.807, 2.05) is 24.3 Å². The van der Waals surface area contributed by atoms with Crippen molar-refractivity contribution < 1.29 is 19.1 Å². The lowest BCUT2D eigenvalue weighted by molar-refractivity contribution is -0.156. The second-order valence-electron chi connectivity index (χ2n) is 8.18. The summed E-state index contributed by atoms with van der Waals surface area (Å²) in [5.41, 5.74) is 9.92. The first kappa shape index (κ1) is 23.7. The van der Waals surface area contributed by atoms with Crippen molar-refractivity contribution in [1.82, 2.24) is 5.32 Å². The summed E-state index contributed by atoms with van der Waals surface area (Å²) in [5, 5.41) is 2.65. The summed E-state index contributed by atoms with van der Waals surface area (Å²) in [7, 11) is 0. The van der Waals surface area contributed by atoms with Gasteiger partial charge in [-0.05, 0) is 49.4 Å². The number of fused-ring (bicyclic) bond motifs is 3. The van der Waals surface area contributed by atoms with Crippen molar-refractivity contribution in [3.63, 3.8) is 0 Å². The SMILES string of the molecule is CC(C)(C)OC(=O)[C@@H](N)CCNC(=O)OCC1c2ccccc2-c2ccccc21.Cl. The molecule has 0 bridgehead atoms. The molecular weight excluding hydrogens is 404 g/mol. The monoisotopic (exact) mass is 432 g/mol. The molecule has 0 fully saturated rings. The second-order valence-corrected chi connectivity index (χ2v) is 8.18. The molecule has 1 atom stereocenters. The largest absolute Gasteiger partial charge is 0.459 e. The third-order valence-corrected chi connectivity index (χ3v) is 4.78. The number of nitrogens with one attached hydrogen (secondary N) is 1. The summed E-state index contributed by atoms with van der Waals surface area (Å²) in [6.45, 7) is 5.83. The van der Waals surface area contributed by atoms with Crippen LogP contribution in [0, 0.1) is 0 Å². The molecule has 1 aliphatic carbocycles. The summed E-state index contributed by atoms with van der Waals surface area (Å²) in [6, 6.07) is 15.5. The molecule has 1 amide bonds. The molecule has 2 aromatic rings. The van der Waals surface area contributed by atoms with E-state index in [4.69, 9.17) is 15.2 Å². The van der Waals surface area contributed by atoms with Gasteiger partial charge in [0.05, 0.1) is 0 Å². The summed E-state index contributed by atoms with van der Waals surface area (Å²) < 4.78 is 10.7. The predicted octanol–water partition coefficient (Wildman–Crippen LogP) is 4.01. The quantitative estimate of drug-likeness (QED) is 0.673. The minimum Gasteiger partial charge on any atom is -0.459 e. The first-order valence-corrected chi connectivity index (χ1v) is 9.83. The van der Waals surface area contributed by atoms with Crippen molar-refractivity contribution >= 4 is 24.5 Å². The van der Waals surface area contributed by atoms with Crippen LogP contribution in [0.4, 0.5) is 4.79 Å². The Hall–Kier alpha value is -2.57. The van der Waals surface area contributed by atoms with Gasteiger partial charge in [0.25, 0.3) is 0 Å². The van der Waals surface area contributed by atoms with Crippen LogP contribution in [0.25, 0.3) is 11.1 Å². The van der Waals surface area contributed by atoms with Gasteiger partial charge in [-0.25, -0.2) is 4.79 Å². The molecular formula is C23H29ClN2O4. The molecule has 0 saturated heterocycles. The van der Waals surface area contributed by atoms with Crippen molar-refractivity contribution in [1.29, 1.82) is 0 Å². The van der Waals surface area contributed by atoms with E-state index in [0.717, 1.165) is 11.1 Å². The number of hydrogen-bond acceptors (Lipinski definition) is 5.